The zero-order valence-electron chi connectivity index (χ0n) is 12.6. The lowest BCUT2D eigenvalue weighted by Gasteiger charge is -2.26. The Labute approximate surface area is 121 Å². The summed E-state index contributed by atoms with van der Waals surface area (Å²) in [6.45, 7) is 3.06. The number of nitrogens with zero attached hydrogens (tertiary/aromatic N) is 1. The highest BCUT2D eigenvalue weighted by Crippen LogP contribution is 2.37. The van der Waals surface area contributed by atoms with E-state index >= 15 is 0 Å². The minimum atomic E-state index is -0.726. The molecule has 1 heterocycles. The zero-order chi connectivity index (χ0) is 14.6. The molecule has 1 aliphatic carbocycles. The second kappa shape index (κ2) is 6.59. The first-order chi connectivity index (χ1) is 9.59. The van der Waals surface area contributed by atoms with E-state index in [0.29, 0.717) is 25.9 Å². The van der Waals surface area contributed by atoms with Crippen molar-refractivity contribution in [3.05, 3.63) is 0 Å². The van der Waals surface area contributed by atoms with Crippen LogP contribution in [-0.2, 0) is 9.59 Å². The second-order valence-electron chi connectivity index (χ2n) is 6.53. The molecule has 0 aromatic rings. The van der Waals surface area contributed by atoms with Crippen LogP contribution in [0, 0.1) is 11.3 Å². The highest BCUT2D eigenvalue weighted by molar-refractivity contribution is 5.82. The summed E-state index contributed by atoms with van der Waals surface area (Å²) in [7, 11) is 0. The summed E-state index contributed by atoms with van der Waals surface area (Å²) in [5, 5.41) is 9.51. The Kier molecular flexibility index (Phi) is 5.06. The number of hydrogen-bond donors (Lipinski definition) is 1. The molecule has 4 nitrogen and oxygen atoms in total. The minimum Gasteiger partial charge on any atom is -0.481 e. The number of aliphatic carboxylic acids is 1. The van der Waals surface area contributed by atoms with Crippen molar-refractivity contribution in [3.63, 3.8) is 0 Å². The summed E-state index contributed by atoms with van der Waals surface area (Å²) in [6, 6.07) is 0. The molecule has 0 radical (unpaired) electrons. The zero-order valence-corrected chi connectivity index (χ0v) is 12.6. The molecule has 20 heavy (non-hydrogen) atoms. The van der Waals surface area contributed by atoms with Gasteiger partial charge in [0.1, 0.15) is 0 Å². The maximum Gasteiger partial charge on any atom is 0.311 e. The van der Waals surface area contributed by atoms with E-state index < -0.39 is 11.4 Å². The Hall–Kier alpha value is -1.06. The van der Waals surface area contributed by atoms with Gasteiger partial charge < -0.3 is 10.0 Å². The van der Waals surface area contributed by atoms with Gasteiger partial charge in [0, 0.05) is 19.0 Å². The molecule has 4 heteroatoms. The van der Waals surface area contributed by atoms with Gasteiger partial charge in [-0.3, -0.25) is 9.59 Å². The quantitative estimate of drug-likeness (QED) is 0.806. The van der Waals surface area contributed by atoms with Crippen molar-refractivity contribution < 1.29 is 14.7 Å². The van der Waals surface area contributed by atoms with Crippen LogP contribution in [0.1, 0.15) is 64.7 Å². The molecule has 0 bridgehead atoms. The van der Waals surface area contributed by atoms with Crippen LogP contribution in [0.15, 0.2) is 0 Å². The first kappa shape index (κ1) is 15.3. The summed E-state index contributed by atoms with van der Waals surface area (Å²) in [4.78, 5) is 26.0. The molecule has 1 saturated carbocycles. The topological polar surface area (TPSA) is 57.6 Å². The molecule has 1 unspecified atom stereocenters. The second-order valence-corrected chi connectivity index (χ2v) is 6.53. The molecule has 1 saturated heterocycles. The highest BCUT2D eigenvalue weighted by Gasteiger charge is 2.46. The van der Waals surface area contributed by atoms with E-state index in [9.17, 15) is 14.7 Å². The highest BCUT2D eigenvalue weighted by atomic mass is 16.4. The van der Waals surface area contributed by atoms with E-state index in [1.807, 2.05) is 11.8 Å². The van der Waals surface area contributed by atoms with Crippen LogP contribution >= 0.6 is 0 Å². The molecule has 0 aromatic heterocycles. The fourth-order valence-electron chi connectivity index (χ4n) is 3.81. The Morgan fingerprint density at radius 1 is 1.20 bits per heavy atom. The first-order valence-electron chi connectivity index (χ1n) is 8.11. The van der Waals surface area contributed by atoms with E-state index in [4.69, 9.17) is 0 Å². The number of carboxylic acids is 1. The van der Waals surface area contributed by atoms with Gasteiger partial charge in [-0.05, 0) is 25.7 Å². The predicted molar refractivity (Wildman–Crippen MR) is 77.4 cm³/mol. The lowest BCUT2D eigenvalue weighted by atomic mass is 9.82. The van der Waals surface area contributed by atoms with E-state index in [1.165, 1.54) is 12.8 Å². The minimum absolute atomic E-state index is 0.142. The van der Waals surface area contributed by atoms with Crippen LogP contribution in [0.2, 0.25) is 0 Å². The standard InChI is InChI=1S/C16H27NO3/c1-2-9-16(15(19)20)10-11-17(12-16)14(18)13-7-5-3-4-6-8-13/h13H,2-12H2,1H3,(H,19,20). The van der Waals surface area contributed by atoms with Crippen LogP contribution in [0.25, 0.3) is 0 Å². The fraction of sp³-hybridized carbons (Fsp3) is 0.875. The van der Waals surface area contributed by atoms with E-state index in [2.05, 4.69) is 0 Å². The number of carboxylic acid groups (broad SMARTS) is 1. The van der Waals surface area contributed by atoms with Gasteiger partial charge in [-0.15, -0.1) is 0 Å². The molecule has 1 atom stereocenters. The molecule has 114 valence electrons. The Bertz CT molecular complexity index is 361. The molecule has 1 N–H and O–H groups in total. The number of rotatable bonds is 4. The molecular weight excluding hydrogens is 254 g/mol. The fourth-order valence-corrected chi connectivity index (χ4v) is 3.81. The van der Waals surface area contributed by atoms with Gasteiger partial charge in [0.25, 0.3) is 0 Å². The lowest BCUT2D eigenvalue weighted by molar-refractivity contribution is -0.149. The maximum atomic E-state index is 12.6. The number of carbonyl (C=O) groups excluding carboxylic acids is 1. The van der Waals surface area contributed by atoms with Crippen LogP contribution < -0.4 is 0 Å². The van der Waals surface area contributed by atoms with Gasteiger partial charge >= 0.3 is 5.97 Å². The largest absolute Gasteiger partial charge is 0.481 e. The van der Waals surface area contributed by atoms with Crippen LogP contribution in [0.4, 0.5) is 0 Å². The number of likely N-dealkylation sites (tertiary alicyclic amines) is 1. The van der Waals surface area contributed by atoms with Gasteiger partial charge in [0.15, 0.2) is 0 Å². The van der Waals surface area contributed by atoms with Gasteiger partial charge in [-0.1, -0.05) is 39.0 Å². The number of amides is 1. The molecular formula is C16H27NO3. The average molecular weight is 281 g/mol. The summed E-state index contributed by atoms with van der Waals surface area (Å²) >= 11 is 0. The van der Waals surface area contributed by atoms with Crippen LogP contribution in [-0.4, -0.2) is 35.0 Å². The monoisotopic (exact) mass is 281 g/mol. The van der Waals surface area contributed by atoms with E-state index in [-0.39, 0.29) is 11.8 Å². The molecule has 0 spiro atoms. The van der Waals surface area contributed by atoms with Gasteiger partial charge in [0.2, 0.25) is 5.91 Å². The Balaban J connectivity index is 2.00. The molecule has 1 aliphatic heterocycles. The van der Waals surface area contributed by atoms with Crippen molar-refractivity contribution in [1.82, 2.24) is 4.90 Å². The van der Waals surface area contributed by atoms with Crippen molar-refractivity contribution in [1.29, 1.82) is 0 Å². The normalized spacial score (nSPS) is 28.4. The SMILES string of the molecule is CCCC1(C(=O)O)CCN(C(=O)C2CCCCCC2)C1. The van der Waals surface area contributed by atoms with Crippen LogP contribution in [0.5, 0.6) is 0 Å². The number of carbonyl (C=O) groups is 2. The molecule has 2 fully saturated rings. The number of hydrogen-bond acceptors (Lipinski definition) is 2. The van der Waals surface area contributed by atoms with Crippen molar-refractivity contribution in [2.24, 2.45) is 11.3 Å². The van der Waals surface area contributed by atoms with Gasteiger partial charge in [-0.2, -0.15) is 0 Å². The van der Waals surface area contributed by atoms with Crippen molar-refractivity contribution >= 4 is 11.9 Å². The van der Waals surface area contributed by atoms with E-state index in [1.54, 1.807) is 0 Å². The summed E-state index contributed by atoms with van der Waals surface area (Å²) in [5.41, 5.74) is -0.685. The van der Waals surface area contributed by atoms with Crippen molar-refractivity contribution in [3.8, 4) is 0 Å². The summed E-state index contributed by atoms with van der Waals surface area (Å²) in [6.07, 6.45) is 8.89. The van der Waals surface area contributed by atoms with Crippen LogP contribution in [0.3, 0.4) is 0 Å². The Morgan fingerprint density at radius 2 is 1.85 bits per heavy atom. The van der Waals surface area contributed by atoms with Gasteiger partial charge in [0.05, 0.1) is 5.41 Å². The third-order valence-corrected chi connectivity index (χ3v) is 5.05. The molecule has 1 amide bonds. The van der Waals surface area contributed by atoms with Crippen molar-refractivity contribution in [2.75, 3.05) is 13.1 Å². The lowest BCUT2D eigenvalue weighted by Crippen LogP contribution is -2.39. The average Bonchev–Trinajstić information content (AvgIpc) is 2.68. The van der Waals surface area contributed by atoms with Crippen molar-refractivity contribution in [2.45, 2.75) is 64.7 Å². The predicted octanol–water partition coefficient (Wildman–Crippen LogP) is 3.06. The van der Waals surface area contributed by atoms with Gasteiger partial charge in [-0.25, -0.2) is 0 Å². The smallest absolute Gasteiger partial charge is 0.311 e. The third kappa shape index (κ3) is 3.15. The molecule has 2 rings (SSSR count). The summed E-state index contributed by atoms with van der Waals surface area (Å²) in [5.74, 6) is -0.370. The summed E-state index contributed by atoms with van der Waals surface area (Å²) < 4.78 is 0. The van der Waals surface area contributed by atoms with E-state index in [0.717, 1.165) is 32.1 Å². The third-order valence-electron chi connectivity index (χ3n) is 5.05. The maximum absolute atomic E-state index is 12.6. The first-order valence-corrected chi connectivity index (χ1v) is 8.11. The Morgan fingerprint density at radius 3 is 2.40 bits per heavy atom. The molecule has 0 aromatic carbocycles. The molecule has 2 aliphatic rings.